The van der Waals surface area contributed by atoms with Crippen LogP contribution in [0.4, 0.5) is 5.69 Å². The number of halogens is 1. The lowest BCUT2D eigenvalue weighted by molar-refractivity contribution is -0.119. The summed E-state index contributed by atoms with van der Waals surface area (Å²) in [4.78, 5) is 14.2. The molecule has 1 aliphatic rings. The van der Waals surface area contributed by atoms with E-state index in [-0.39, 0.29) is 11.4 Å². The lowest BCUT2D eigenvalue weighted by Crippen LogP contribution is -2.39. The van der Waals surface area contributed by atoms with Gasteiger partial charge in [-0.2, -0.15) is 0 Å². The van der Waals surface area contributed by atoms with Gasteiger partial charge in [0.25, 0.3) is 0 Å². The van der Waals surface area contributed by atoms with Crippen LogP contribution in [-0.2, 0) is 4.79 Å². The van der Waals surface area contributed by atoms with Gasteiger partial charge in [-0.05, 0) is 38.5 Å². The largest absolute Gasteiger partial charge is 0.311 e. The van der Waals surface area contributed by atoms with E-state index in [1.807, 2.05) is 30.0 Å². The summed E-state index contributed by atoms with van der Waals surface area (Å²) < 4.78 is 1.05. The Kier molecular flexibility index (Phi) is 3.78. The van der Waals surface area contributed by atoms with Crippen molar-refractivity contribution in [3.05, 3.63) is 28.2 Å². The fourth-order valence-corrected chi connectivity index (χ4v) is 2.56. The van der Waals surface area contributed by atoms with Crippen molar-refractivity contribution in [1.82, 2.24) is 5.32 Å². The second-order valence-corrected chi connectivity index (χ2v) is 6.32. The highest BCUT2D eigenvalue weighted by molar-refractivity contribution is 9.10. The van der Waals surface area contributed by atoms with Gasteiger partial charge >= 0.3 is 0 Å². The molecule has 0 aromatic heterocycles. The number of rotatable bonds is 1. The summed E-state index contributed by atoms with van der Waals surface area (Å²) in [6.07, 6.45) is 0.526. The maximum Gasteiger partial charge on any atom is 0.228 e. The molecule has 0 bridgehead atoms. The van der Waals surface area contributed by atoms with Crippen LogP contribution in [-0.4, -0.2) is 24.5 Å². The molecule has 0 aliphatic carbocycles. The Morgan fingerprint density at radius 2 is 2.11 bits per heavy atom. The van der Waals surface area contributed by atoms with Crippen LogP contribution < -0.4 is 10.2 Å². The van der Waals surface area contributed by atoms with Gasteiger partial charge in [-0.3, -0.25) is 4.79 Å². The minimum Gasteiger partial charge on any atom is -0.311 e. The third-order valence-electron chi connectivity index (χ3n) is 3.30. The first-order chi connectivity index (χ1) is 8.39. The van der Waals surface area contributed by atoms with Gasteiger partial charge in [0, 0.05) is 35.2 Å². The van der Waals surface area contributed by atoms with Gasteiger partial charge in [0.2, 0.25) is 5.91 Å². The minimum absolute atomic E-state index is 0.117. The first-order valence-corrected chi connectivity index (χ1v) is 7.00. The summed E-state index contributed by atoms with van der Waals surface area (Å²) in [7, 11) is 0. The van der Waals surface area contributed by atoms with Crippen LogP contribution in [0.2, 0.25) is 0 Å². The highest BCUT2D eigenvalue weighted by atomic mass is 79.9. The van der Waals surface area contributed by atoms with E-state index >= 15 is 0 Å². The van der Waals surface area contributed by atoms with Gasteiger partial charge in [0.1, 0.15) is 0 Å². The number of nitrogens with one attached hydrogen (secondary N) is 1. The van der Waals surface area contributed by atoms with Crippen LogP contribution in [0.15, 0.2) is 22.7 Å². The van der Waals surface area contributed by atoms with Crippen molar-refractivity contribution in [2.45, 2.75) is 32.7 Å². The van der Waals surface area contributed by atoms with E-state index in [1.54, 1.807) is 0 Å². The molecule has 1 aliphatic heterocycles. The second kappa shape index (κ2) is 5.02. The first-order valence-electron chi connectivity index (χ1n) is 6.21. The second-order valence-electron chi connectivity index (χ2n) is 5.47. The number of nitrogens with zero attached hydrogens (tertiary/aromatic N) is 1. The molecule has 1 N–H and O–H groups in total. The van der Waals surface area contributed by atoms with Gasteiger partial charge in [-0.1, -0.05) is 22.0 Å². The van der Waals surface area contributed by atoms with Crippen LogP contribution in [0.1, 0.15) is 25.8 Å². The molecule has 1 aromatic rings. The summed E-state index contributed by atoms with van der Waals surface area (Å²) in [6, 6.07) is 6.07. The third-order valence-corrected chi connectivity index (χ3v) is 4.15. The average Bonchev–Trinajstić information content (AvgIpc) is 2.40. The number of hydrogen-bond acceptors (Lipinski definition) is 2. The predicted molar refractivity (Wildman–Crippen MR) is 77.9 cm³/mol. The summed E-state index contributed by atoms with van der Waals surface area (Å²) in [6.45, 7) is 7.73. The Bertz CT molecular complexity index is 471. The topological polar surface area (TPSA) is 32.3 Å². The number of amides is 1. The Labute approximate surface area is 117 Å². The molecule has 2 rings (SSSR count). The van der Waals surface area contributed by atoms with Gasteiger partial charge in [-0.25, -0.2) is 0 Å². The highest BCUT2D eigenvalue weighted by Crippen LogP contribution is 2.26. The lowest BCUT2D eigenvalue weighted by atomic mass is 10.0. The molecule has 1 fully saturated rings. The molecule has 4 heteroatoms. The molecule has 0 atom stereocenters. The Morgan fingerprint density at radius 3 is 2.78 bits per heavy atom. The molecule has 1 amide bonds. The summed E-state index contributed by atoms with van der Waals surface area (Å²) in [5.41, 5.74) is 2.03. The Balaban J connectivity index is 2.27. The minimum atomic E-state index is -0.117. The van der Waals surface area contributed by atoms with Crippen molar-refractivity contribution < 1.29 is 4.79 Å². The lowest BCUT2D eigenvalue weighted by Gasteiger charge is -2.23. The number of aryl methyl sites for hydroxylation is 1. The fraction of sp³-hybridized carbons (Fsp3) is 0.500. The van der Waals surface area contributed by atoms with Gasteiger partial charge in [0.05, 0.1) is 0 Å². The van der Waals surface area contributed by atoms with E-state index in [4.69, 9.17) is 0 Å². The fourth-order valence-electron chi connectivity index (χ4n) is 2.19. The maximum absolute atomic E-state index is 12.3. The number of hydrogen-bond donors (Lipinski definition) is 1. The molecular weight excluding hydrogens is 292 g/mol. The smallest absolute Gasteiger partial charge is 0.228 e. The van der Waals surface area contributed by atoms with Crippen LogP contribution in [0.25, 0.3) is 0 Å². The zero-order chi connectivity index (χ0) is 13.3. The van der Waals surface area contributed by atoms with E-state index in [0.29, 0.717) is 6.42 Å². The quantitative estimate of drug-likeness (QED) is 0.865. The monoisotopic (exact) mass is 310 g/mol. The summed E-state index contributed by atoms with van der Waals surface area (Å²) in [5, 5.41) is 3.40. The van der Waals surface area contributed by atoms with E-state index in [0.717, 1.165) is 23.2 Å². The SMILES string of the molecule is Cc1ccc(N2CCNC(C)(C)CC2=O)cc1Br. The number of carbonyl (C=O) groups excluding carboxylic acids is 1. The summed E-state index contributed by atoms with van der Waals surface area (Å²) >= 11 is 3.52. The van der Waals surface area contributed by atoms with E-state index < -0.39 is 0 Å². The Morgan fingerprint density at radius 1 is 1.39 bits per heavy atom. The molecule has 0 radical (unpaired) electrons. The predicted octanol–water partition coefficient (Wildman–Crippen LogP) is 2.86. The van der Waals surface area contributed by atoms with Crippen LogP contribution in [0.3, 0.4) is 0 Å². The molecule has 1 heterocycles. The van der Waals surface area contributed by atoms with Crippen LogP contribution in [0.5, 0.6) is 0 Å². The number of benzene rings is 1. The normalized spacial score (nSPS) is 19.8. The van der Waals surface area contributed by atoms with Crippen molar-refractivity contribution in [3.63, 3.8) is 0 Å². The molecule has 0 spiro atoms. The van der Waals surface area contributed by atoms with Crippen LogP contribution >= 0.6 is 15.9 Å². The van der Waals surface area contributed by atoms with Crippen molar-refractivity contribution in [2.24, 2.45) is 0 Å². The molecule has 0 saturated carbocycles. The van der Waals surface area contributed by atoms with Gasteiger partial charge in [-0.15, -0.1) is 0 Å². The number of anilines is 1. The third kappa shape index (κ3) is 2.93. The zero-order valence-electron chi connectivity index (χ0n) is 11.1. The van der Waals surface area contributed by atoms with Gasteiger partial charge in [0.15, 0.2) is 0 Å². The van der Waals surface area contributed by atoms with Crippen LogP contribution in [0, 0.1) is 6.92 Å². The molecule has 0 unspecified atom stereocenters. The summed E-state index contributed by atoms with van der Waals surface area (Å²) in [5.74, 6) is 0.181. The standard InChI is InChI=1S/C14H19BrN2O/c1-10-4-5-11(8-12(10)15)17-7-6-16-14(2,3)9-13(17)18/h4-5,8,16H,6-7,9H2,1-3H3. The van der Waals surface area contributed by atoms with Crippen molar-refractivity contribution in [3.8, 4) is 0 Å². The number of carbonyl (C=O) groups is 1. The van der Waals surface area contributed by atoms with E-state index in [9.17, 15) is 4.79 Å². The molecule has 18 heavy (non-hydrogen) atoms. The zero-order valence-corrected chi connectivity index (χ0v) is 12.7. The Hall–Kier alpha value is -0.870. The van der Waals surface area contributed by atoms with Crippen molar-refractivity contribution in [2.75, 3.05) is 18.0 Å². The molecule has 98 valence electrons. The molecule has 3 nitrogen and oxygen atoms in total. The molecule has 1 aromatic carbocycles. The van der Waals surface area contributed by atoms with Gasteiger partial charge < -0.3 is 10.2 Å². The molecule has 1 saturated heterocycles. The first kappa shape index (κ1) is 13.6. The highest BCUT2D eigenvalue weighted by Gasteiger charge is 2.29. The van der Waals surface area contributed by atoms with Crippen molar-refractivity contribution >= 4 is 27.5 Å². The van der Waals surface area contributed by atoms with E-state index in [2.05, 4.69) is 35.1 Å². The average molecular weight is 311 g/mol. The van der Waals surface area contributed by atoms with Crippen molar-refractivity contribution in [1.29, 1.82) is 0 Å². The molecular formula is C14H19BrN2O. The maximum atomic E-state index is 12.3. The van der Waals surface area contributed by atoms with E-state index in [1.165, 1.54) is 5.56 Å².